The molecular weight excluding hydrogens is 432 g/mol. The van der Waals surface area contributed by atoms with Crippen molar-refractivity contribution in [3.63, 3.8) is 0 Å². The van der Waals surface area contributed by atoms with E-state index in [1.807, 2.05) is 33.8 Å². The summed E-state index contributed by atoms with van der Waals surface area (Å²) in [5.41, 5.74) is -2.00. The average molecular weight is 467 g/mol. The quantitative estimate of drug-likeness (QED) is 0.270. The zero-order valence-electron chi connectivity index (χ0n) is 20.1. The minimum absolute atomic E-state index is 0.0617. The molecule has 4 rings (SSSR count). The number of rotatable bonds is 6. The van der Waals surface area contributed by atoms with Gasteiger partial charge in [0.2, 0.25) is 0 Å². The van der Waals surface area contributed by atoms with E-state index in [0.29, 0.717) is 6.61 Å². The molecule has 1 saturated carbocycles. The topological polar surface area (TPSA) is 121 Å². The third-order valence-corrected chi connectivity index (χ3v) is 8.00. The number of aliphatic hydroxyl groups excluding tert-OH is 1. The van der Waals surface area contributed by atoms with E-state index < -0.39 is 58.9 Å². The molecule has 3 fully saturated rings. The van der Waals surface area contributed by atoms with Crippen molar-refractivity contribution in [2.75, 3.05) is 13.2 Å². The van der Waals surface area contributed by atoms with Gasteiger partial charge < -0.3 is 28.8 Å². The van der Waals surface area contributed by atoms with E-state index in [1.165, 1.54) is 13.8 Å². The van der Waals surface area contributed by atoms with Gasteiger partial charge in [-0.3, -0.25) is 14.4 Å². The maximum absolute atomic E-state index is 12.5. The lowest BCUT2D eigenvalue weighted by molar-refractivity contribution is -0.241. The Balaban J connectivity index is 1.79. The Morgan fingerprint density at radius 1 is 1.21 bits per heavy atom. The lowest BCUT2D eigenvalue weighted by atomic mass is 9.51. The smallest absolute Gasteiger partial charge is 0.306 e. The molecule has 0 unspecified atom stereocenters. The predicted molar refractivity (Wildman–Crippen MR) is 114 cm³/mol. The van der Waals surface area contributed by atoms with Crippen molar-refractivity contribution < 1.29 is 43.2 Å². The summed E-state index contributed by atoms with van der Waals surface area (Å²) in [7, 11) is 0. The van der Waals surface area contributed by atoms with Gasteiger partial charge in [0.05, 0.1) is 23.5 Å². The molecule has 9 heteroatoms. The molecule has 0 amide bonds. The molecule has 2 aliphatic carbocycles. The molecular formula is C24H34O9. The zero-order valence-corrected chi connectivity index (χ0v) is 20.1. The number of carbonyl (C=O) groups excluding carboxylic acids is 3. The predicted octanol–water partition coefficient (Wildman–Crippen LogP) is 1.69. The number of hydrogen-bond acceptors (Lipinski definition) is 9. The van der Waals surface area contributed by atoms with Crippen LogP contribution in [0, 0.1) is 16.7 Å². The maximum Gasteiger partial charge on any atom is 0.306 e. The molecule has 8 atom stereocenters. The van der Waals surface area contributed by atoms with Gasteiger partial charge in [-0.1, -0.05) is 26.8 Å². The number of hydrogen-bond donors (Lipinski definition) is 1. The van der Waals surface area contributed by atoms with E-state index in [1.54, 1.807) is 0 Å². The summed E-state index contributed by atoms with van der Waals surface area (Å²) in [5.74, 6) is -1.18. The van der Waals surface area contributed by atoms with E-state index >= 15 is 0 Å². The average Bonchev–Trinajstić information content (AvgIpc) is 3.48. The Hall–Kier alpha value is -1.97. The highest BCUT2D eigenvalue weighted by molar-refractivity contribution is 5.70. The maximum atomic E-state index is 12.5. The number of epoxide rings is 1. The lowest BCUT2D eigenvalue weighted by Crippen LogP contribution is -2.68. The first kappa shape index (κ1) is 24.2. The van der Waals surface area contributed by atoms with Gasteiger partial charge in [-0.15, -0.1) is 0 Å². The highest BCUT2D eigenvalue weighted by Crippen LogP contribution is 2.72. The van der Waals surface area contributed by atoms with Gasteiger partial charge in [0.15, 0.2) is 0 Å². The fourth-order valence-corrected chi connectivity index (χ4v) is 6.26. The molecule has 4 aliphatic rings. The van der Waals surface area contributed by atoms with Gasteiger partial charge in [0.25, 0.3) is 0 Å². The minimum Gasteiger partial charge on any atom is -0.465 e. The Bertz CT molecular complexity index is 875. The summed E-state index contributed by atoms with van der Waals surface area (Å²) in [4.78, 5) is 36.4. The van der Waals surface area contributed by atoms with Crippen LogP contribution in [0.4, 0.5) is 0 Å². The highest BCUT2D eigenvalue weighted by Gasteiger charge is 2.86. The molecule has 2 heterocycles. The molecule has 0 radical (unpaired) electrons. The first-order valence-electron chi connectivity index (χ1n) is 11.5. The van der Waals surface area contributed by atoms with Gasteiger partial charge in [-0.25, -0.2) is 0 Å². The molecule has 1 spiro atoms. The van der Waals surface area contributed by atoms with E-state index in [2.05, 4.69) is 0 Å². The van der Waals surface area contributed by atoms with Crippen molar-refractivity contribution in [1.82, 2.24) is 0 Å². The fraction of sp³-hybridized carbons (Fsp3) is 0.792. The Morgan fingerprint density at radius 3 is 2.42 bits per heavy atom. The van der Waals surface area contributed by atoms with Gasteiger partial charge in [-0.05, 0) is 18.4 Å². The summed E-state index contributed by atoms with van der Waals surface area (Å²) in [6, 6.07) is 0. The molecule has 0 aromatic heterocycles. The molecule has 2 bridgehead atoms. The van der Waals surface area contributed by atoms with E-state index in [4.69, 9.17) is 23.7 Å². The van der Waals surface area contributed by atoms with E-state index in [-0.39, 0.29) is 31.3 Å². The third kappa shape index (κ3) is 3.51. The van der Waals surface area contributed by atoms with Crippen LogP contribution >= 0.6 is 0 Å². The summed E-state index contributed by atoms with van der Waals surface area (Å²) in [5, 5.41) is 11.2. The molecule has 0 aromatic carbocycles. The van der Waals surface area contributed by atoms with Crippen molar-refractivity contribution in [2.24, 2.45) is 16.7 Å². The van der Waals surface area contributed by atoms with Crippen LogP contribution in [0.1, 0.15) is 54.4 Å². The van der Waals surface area contributed by atoms with Crippen LogP contribution in [0.3, 0.4) is 0 Å². The number of ether oxygens (including phenoxy) is 5. The fourth-order valence-electron chi connectivity index (χ4n) is 6.26. The van der Waals surface area contributed by atoms with Gasteiger partial charge in [0.1, 0.15) is 36.6 Å². The SMILES string of the molecule is CC(=O)OC[C@@]12C[C@H](OC(=O)CC(C)C)C(C)=C[C@H]1O[C@H]1[C@@H](O)[C@@H](OC(C)=O)[C@]2(C)[C@]12CO2. The molecule has 33 heavy (non-hydrogen) atoms. The standard InChI is InChI=1S/C24H34O9/c1-12(2)7-18(27)32-16-9-23(10-29-14(4)25)17(8-13(16)3)33-21-19(28)20(31-15(5)26)22(23,6)24(21)11-30-24/h8,12,16-17,19-21,28H,7,9-11H2,1-6H3/t16-,17+,19-,20+,21-,22-,23-,24-/m0/s1. The second-order valence-corrected chi connectivity index (χ2v) is 10.5. The molecule has 0 aromatic rings. The summed E-state index contributed by atoms with van der Waals surface area (Å²) in [6.45, 7) is 10.5. The summed E-state index contributed by atoms with van der Waals surface area (Å²) in [6.07, 6.45) is -1.46. The first-order valence-corrected chi connectivity index (χ1v) is 11.5. The number of carbonyl (C=O) groups is 3. The Kier molecular flexibility index (Phi) is 5.90. The van der Waals surface area contributed by atoms with Crippen LogP contribution in [0.15, 0.2) is 11.6 Å². The molecule has 1 N–H and O–H groups in total. The van der Waals surface area contributed by atoms with Crippen LogP contribution in [-0.4, -0.2) is 72.3 Å². The van der Waals surface area contributed by atoms with Gasteiger partial charge in [-0.2, -0.15) is 0 Å². The van der Waals surface area contributed by atoms with Crippen molar-refractivity contribution in [2.45, 2.75) is 90.5 Å². The third-order valence-electron chi connectivity index (χ3n) is 8.00. The summed E-state index contributed by atoms with van der Waals surface area (Å²) < 4.78 is 29.4. The largest absolute Gasteiger partial charge is 0.465 e. The van der Waals surface area contributed by atoms with Crippen LogP contribution in [0.5, 0.6) is 0 Å². The monoisotopic (exact) mass is 466 g/mol. The van der Waals surface area contributed by atoms with Crippen molar-refractivity contribution in [3.8, 4) is 0 Å². The van der Waals surface area contributed by atoms with Crippen LogP contribution in [0.25, 0.3) is 0 Å². The lowest BCUT2D eigenvalue weighted by Gasteiger charge is -2.58. The molecule has 9 nitrogen and oxygen atoms in total. The summed E-state index contributed by atoms with van der Waals surface area (Å²) >= 11 is 0. The second kappa shape index (κ2) is 8.06. The Morgan fingerprint density at radius 2 is 1.88 bits per heavy atom. The molecule has 184 valence electrons. The minimum atomic E-state index is -1.11. The van der Waals surface area contributed by atoms with Gasteiger partial charge in [0, 0.05) is 26.7 Å². The van der Waals surface area contributed by atoms with Crippen LogP contribution in [0.2, 0.25) is 0 Å². The van der Waals surface area contributed by atoms with Crippen molar-refractivity contribution in [1.29, 1.82) is 0 Å². The van der Waals surface area contributed by atoms with Crippen molar-refractivity contribution >= 4 is 17.9 Å². The normalized spacial score (nSPS) is 43.0. The van der Waals surface area contributed by atoms with E-state index in [9.17, 15) is 19.5 Å². The second-order valence-electron chi connectivity index (χ2n) is 10.5. The van der Waals surface area contributed by atoms with Crippen LogP contribution < -0.4 is 0 Å². The Labute approximate surface area is 193 Å². The zero-order chi connectivity index (χ0) is 24.3. The number of fused-ring (bicyclic) bond motifs is 2. The van der Waals surface area contributed by atoms with Crippen LogP contribution in [-0.2, 0) is 38.1 Å². The first-order chi connectivity index (χ1) is 15.4. The number of aliphatic hydroxyl groups is 1. The van der Waals surface area contributed by atoms with E-state index in [0.717, 1.165) is 5.57 Å². The highest BCUT2D eigenvalue weighted by atomic mass is 16.7. The number of esters is 3. The molecule has 2 saturated heterocycles. The van der Waals surface area contributed by atoms with Crippen molar-refractivity contribution in [3.05, 3.63) is 11.6 Å². The van der Waals surface area contributed by atoms with Gasteiger partial charge >= 0.3 is 17.9 Å². The molecule has 2 aliphatic heterocycles.